The van der Waals surface area contributed by atoms with Gasteiger partial charge in [0.2, 0.25) is 40.7 Å². The zero-order chi connectivity index (χ0) is 49.1. The molecule has 4 atom stereocenters. The van der Waals surface area contributed by atoms with Gasteiger partial charge in [0.15, 0.2) is 0 Å². The van der Waals surface area contributed by atoms with Gasteiger partial charge in [-0.2, -0.15) is 8.78 Å². The minimum atomic E-state index is -2.35. The highest BCUT2D eigenvalue weighted by molar-refractivity contribution is 6.32. The molecule has 380 valence electrons. The normalized spacial score (nSPS) is 16.7. The number of likely N-dealkylation sites (tertiary alicyclic amines) is 1. The molecule has 0 spiro atoms. The fraction of sp³-hybridized carbons (Fsp3) is 0.346. The molecule has 2 heterocycles. The number of amides is 2. The third kappa shape index (κ3) is 14.7. The van der Waals surface area contributed by atoms with E-state index < -0.39 is 58.9 Å². The van der Waals surface area contributed by atoms with Crippen molar-refractivity contribution in [2.45, 2.75) is 98.9 Å². The highest BCUT2D eigenvalue weighted by atomic mass is 35.5. The number of carboxylic acids is 1. The van der Waals surface area contributed by atoms with Crippen LogP contribution in [0.25, 0.3) is 0 Å². The Kier molecular flexibility index (Phi) is 23.3. The number of esters is 1. The summed E-state index contributed by atoms with van der Waals surface area (Å²) in [5.74, 6) is -14.6. The van der Waals surface area contributed by atoms with Crippen molar-refractivity contribution in [3.05, 3.63) is 158 Å². The molecule has 0 unspecified atom stereocenters. The first kappa shape index (κ1) is 59.9. The van der Waals surface area contributed by atoms with Crippen molar-refractivity contribution in [2.75, 3.05) is 20.1 Å². The largest absolute Gasteiger partial charge is 0.489 e. The number of rotatable bonds is 11. The van der Waals surface area contributed by atoms with E-state index in [4.69, 9.17) is 37.8 Å². The zero-order valence-electron chi connectivity index (χ0n) is 36.9. The van der Waals surface area contributed by atoms with Crippen molar-refractivity contribution in [1.29, 1.82) is 0 Å². The summed E-state index contributed by atoms with van der Waals surface area (Å²) >= 11 is 12.2. The van der Waals surface area contributed by atoms with E-state index in [1.165, 1.54) is 6.07 Å². The number of nitrogens with one attached hydrogen (secondary N) is 2. The van der Waals surface area contributed by atoms with Crippen LogP contribution in [-0.2, 0) is 9.59 Å². The molecule has 7 rings (SSSR count). The number of halogens is 7. The Labute approximate surface area is 416 Å². The lowest BCUT2D eigenvalue weighted by atomic mass is 9.91. The quantitative estimate of drug-likeness (QED) is 0.0387. The Morgan fingerprint density at radius 2 is 1.13 bits per heavy atom. The molecule has 0 bridgehead atoms. The second-order valence-corrected chi connectivity index (χ2v) is 16.7. The van der Waals surface area contributed by atoms with Crippen molar-refractivity contribution in [3.63, 3.8) is 0 Å². The van der Waals surface area contributed by atoms with E-state index in [1.54, 1.807) is 44.0 Å². The fourth-order valence-electron chi connectivity index (χ4n) is 7.52. The van der Waals surface area contributed by atoms with Crippen LogP contribution >= 0.6 is 23.2 Å². The third-order valence-electron chi connectivity index (χ3n) is 10.6. The Morgan fingerprint density at radius 1 is 0.671 bits per heavy atom. The highest BCUT2D eigenvalue weighted by Crippen LogP contribution is 2.36. The van der Waals surface area contributed by atoms with Crippen LogP contribution < -0.4 is 24.8 Å². The Hall–Kier alpha value is -6.23. The molecule has 5 aromatic carbocycles. The number of ether oxygens (including phenoxy) is 3. The zero-order valence-corrected chi connectivity index (χ0v) is 38.4. The van der Waals surface area contributed by atoms with Crippen LogP contribution in [0.1, 0.15) is 106 Å². The summed E-state index contributed by atoms with van der Waals surface area (Å²) in [5.41, 5.74) is 2.35. The molecular weight excluding hydrogens is 960 g/mol. The van der Waals surface area contributed by atoms with Crippen LogP contribution in [0.3, 0.4) is 0 Å². The predicted molar refractivity (Wildman–Crippen MR) is 262 cm³/mol. The molecule has 0 aromatic heterocycles. The molecule has 2 fully saturated rings. The second kappa shape index (κ2) is 27.2. The standard InChI is InChI=1S/C22H25ClN2O3.C16H10ClF5O3.C11H13NO2.3CH4/c1-14(2)28-19-10-9-16(13-18(19)23)22(27)25-12-11-17(20(25)21(26)24-3)15-7-5-4-6-8-15;1-6(2)24-9-4-3-7(5-8(9)17)16(23)25-15-13(21)11(19)10(18)12(20)14(15)22;13-11(14)10-9(6-7-12-10)8-4-2-1-3-5-8;;;/h4-10,13-14,17,20H,11-12H2,1-3H3,(H,24,26);3-6H,1-2H3;1-5,9-10,12H,6-7H2,(H,13,14);3*1H4/t17-,20+;;9-,10+;;;/m1.1.../s1. The minimum Gasteiger partial charge on any atom is -0.489 e. The van der Waals surface area contributed by atoms with Crippen LogP contribution in [0, 0.1) is 29.1 Å². The average molecular weight is 1020 g/mol. The molecule has 5 aromatic rings. The van der Waals surface area contributed by atoms with Gasteiger partial charge in [0.05, 0.1) is 27.8 Å². The fourth-order valence-corrected chi connectivity index (χ4v) is 7.97. The van der Waals surface area contributed by atoms with E-state index >= 15 is 0 Å². The van der Waals surface area contributed by atoms with Gasteiger partial charge in [-0.3, -0.25) is 14.4 Å². The van der Waals surface area contributed by atoms with Gasteiger partial charge in [0.1, 0.15) is 23.6 Å². The smallest absolute Gasteiger partial charge is 0.343 e. The van der Waals surface area contributed by atoms with Crippen molar-refractivity contribution >= 4 is 47.0 Å². The maximum absolute atomic E-state index is 13.5. The van der Waals surface area contributed by atoms with Gasteiger partial charge in [-0.05, 0) is 94.6 Å². The molecule has 0 aliphatic carbocycles. The first-order valence-corrected chi connectivity index (χ1v) is 21.8. The summed E-state index contributed by atoms with van der Waals surface area (Å²) < 4.78 is 81.5. The molecule has 3 N–H and O–H groups in total. The number of hydrogen-bond donors (Lipinski definition) is 3. The summed E-state index contributed by atoms with van der Waals surface area (Å²) in [7, 11) is 1.60. The lowest BCUT2D eigenvalue weighted by Crippen LogP contribution is -2.47. The summed E-state index contributed by atoms with van der Waals surface area (Å²) in [6, 6.07) is 27.3. The summed E-state index contributed by atoms with van der Waals surface area (Å²) in [5, 5.41) is 15.1. The highest BCUT2D eigenvalue weighted by Gasteiger charge is 2.42. The van der Waals surface area contributed by atoms with E-state index in [0.29, 0.717) is 22.9 Å². The number of benzene rings is 5. The molecule has 0 saturated carbocycles. The molecule has 2 saturated heterocycles. The van der Waals surface area contributed by atoms with Crippen molar-refractivity contribution in [2.24, 2.45) is 0 Å². The monoisotopic (exact) mass is 1020 g/mol. The maximum atomic E-state index is 13.5. The number of aliphatic carboxylic acids is 1. The molecular formula is C52H60Cl2F5N3O8. The lowest BCUT2D eigenvalue weighted by molar-refractivity contribution is -0.139. The molecule has 2 aliphatic heterocycles. The SMILES string of the molecule is C.C.C.CC(C)Oc1ccc(C(=O)Oc2c(F)c(F)c(F)c(F)c2F)cc1Cl.CNC(=O)[C@@H]1[C@@H](c2ccccc2)CCN1C(=O)c1ccc(OC(C)C)c(Cl)c1.O=C(O)[C@H]1NCC[C@@H]1c1ccccc1. The number of carbonyl (C=O) groups excluding carboxylic acids is 3. The molecule has 0 radical (unpaired) electrons. The number of nitrogens with zero attached hydrogens (tertiary/aromatic N) is 1. The number of likely N-dealkylation sites (N-methyl/N-ethyl adjacent to an activating group) is 1. The first-order valence-electron chi connectivity index (χ1n) is 21.1. The summed E-state index contributed by atoms with van der Waals surface area (Å²) in [4.78, 5) is 50.3. The Bertz CT molecular complexity index is 2530. The Balaban J connectivity index is 0.000000369. The van der Waals surface area contributed by atoms with Gasteiger partial charge >= 0.3 is 11.9 Å². The van der Waals surface area contributed by atoms with Crippen LogP contribution in [0.5, 0.6) is 17.2 Å². The first-order chi connectivity index (χ1) is 31.8. The van der Waals surface area contributed by atoms with Gasteiger partial charge < -0.3 is 34.9 Å². The van der Waals surface area contributed by atoms with Crippen LogP contribution in [0.4, 0.5) is 22.0 Å². The minimum absolute atomic E-state index is 0. The average Bonchev–Trinajstić information content (AvgIpc) is 4.00. The number of carboxylic acid groups (broad SMARTS) is 1. The molecule has 70 heavy (non-hydrogen) atoms. The van der Waals surface area contributed by atoms with Crippen molar-refractivity contribution < 1.29 is 60.4 Å². The lowest BCUT2D eigenvalue weighted by Gasteiger charge is -2.27. The molecule has 11 nitrogen and oxygen atoms in total. The van der Waals surface area contributed by atoms with Gasteiger partial charge in [-0.15, -0.1) is 0 Å². The van der Waals surface area contributed by atoms with Crippen molar-refractivity contribution in [1.82, 2.24) is 15.5 Å². The van der Waals surface area contributed by atoms with Crippen LogP contribution in [-0.4, -0.2) is 78.2 Å². The van der Waals surface area contributed by atoms with E-state index in [9.17, 15) is 41.1 Å². The maximum Gasteiger partial charge on any atom is 0.343 e. The van der Waals surface area contributed by atoms with Crippen LogP contribution in [0.2, 0.25) is 10.0 Å². The second-order valence-electron chi connectivity index (χ2n) is 15.9. The van der Waals surface area contributed by atoms with E-state index in [-0.39, 0.29) is 74.5 Å². The van der Waals surface area contributed by atoms with E-state index in [1.807, 2.05) is 74.5 Å². The van der Waals surface area contributed by atoms with Gasteiger partial charge in [0.25, 0.3) is 5.91 Å². The Morgan fingerprint density at radius 3 is 1.59 bits per heavy atom. The van der Waals surface area contributed by atoms with E-state index in [0.717, 1.165) is 42.6 Å². The number of hydrogen-bond acceptors (Lipinski definition) is 8. The molecule has 2 aliphatic rings. The third-order valence-corrected chi connectivity index (χ3v) is 11.1. The van der Waals surface area contributed by atoms with Crippen LogP contribution in [0.15, 0.2) is 97.1 Å². The molecule has 2 amide bonds. The topological polar surface area (TPSA) is 144 Å². The van der Waals surface area contributed by atoms with Gasteiger partial charge in [-0.1, -0.05) is 106 Å². The summed E-state index contributed by atoms with van der Waals surface area (Å²) in [6.45, 7) is 8.60. The summed E-state index contributed by atoms with van der Waals surface area (Å²) in [6.07, 6.45) is 1.42. The van der Waals surface area contributed by atoms with Crippen molar-refractivity contribution in [3.8, 4) is 17.2 Å². The molecule has 18 heteroatoms. The van der Waals surface area contributed by atoms with Gasteiger partial charge in [-0.25, -0.2) is 18.0 Å². The van der Waals surface area contributed by atoms with Gasteiger partial charge in [0, 0.05) is 31.0 Å². The number of carbonyl (C=O) groups is 4. The van der Waals surface area contributed by atoms with E-state index in [2.05, 4.69) is 15.4 Å². The predicted octanol–water partition coefficient (Wildman–Crippen LogP) is 12.0.